The first-order chi connectivity index (χ1) is 14.9. The highest BCUT2D eigenvalue weighted by Crippen LogP contribution is 2.38. The average Bonchev–Trinajstić information content (AvgIpc) is 2.76. The van der Waals surface area contributed by atoms with Gasteiger partial charge in [0, 0.05) is 11.3 Å². The van der Waals surface area contributed by atoms with E-state index in [1.807, 2.05) is 24.3 Å². The van der Waals surface area contributed by atoms with Crippen LogP contribution in [0.25, 0.3) is 11.3 Å². The number of benzene rings is 2. The molecule has 0 aliphatic heterocycles. The number of nitrogens with two attached hydrogens (primary N) is 1. The summed E-state index contributed by atoms with van der Waals surface area (Å²) < 4.78 is 16.1. The first-order valence-corrected chi connectivity index (χ1v) is 10.7. The van der Waals surface area contributed by atoms with E-state index >= 15 is 0 Å². The van der Waals surface area contributed by atoms with Gasteiger partial charge in [-0.15, -0.1) is 11.8 Å². The molecular formula is C21H18Cl2N4O3S. The van der Waals surface area contributed by atoms with E-state index in [0.717, 1.165) is 16.4 Å². The number of halogens is 2. The van der Waals surface area contributed by atoms with Crippen LogP contribution in [0.3, 0.4) is 0 Å². The maximum Gasteiger partial charge on any atom is 0.220 e. The lowest BCUT2D eigenvalue weighted by Gasteiger charge is -2.12. The Labute approximate surface area is 194 Å². The Kier molecular flexibility index (Phi) is 7.69. The summed E-state index contributed by atoms with van der Waals surface area (Å²) in [6.07, 6.45) is 0. The van der Waals surface area contributed by atoms with Gasteiger partial charge in [0.2, 0.25) is 5.95 Å². The van der Waals surface area contributed by atoms with Gasteiger partial charge in [0.05, 0.1) is 40.5 Å². The molecule has 1 aromatic heterocycles. The molecule has 0 aliphatic carbocycles. The summed E-state index contributed by atoms with van der Waals surface area (Å²) in [5.74, 6) is 2.40. The van der Waals surface area contributed by atoms with E-state index < -0.39 is 0 Å². The first-order valence-electron chi connectivity index (χ1n) is 8.92. The van der Waals surface area contributed by atoms with Crippen LogP contribution in [0, 0.1) is 11.3 Å². The highest BCUT2D eigenvalue weighted by Gasteiger charge is 2.14. The van der Waals surface area contributed by atoms with Gasteiger partial charge in [-0.3, -0.25) is 0 Å². The number of methoxy groups -OCH3 is 2. The highest BCUT2D eigenvalue weighted by atomic mass is 35.5. The third-order valence-corrected chi connectivity index (χ3v) is 5.81. The van der Waals surface area contributed by atoms with Crippen molar-refractivity contribution in [3.05, 3.63) is 52.1 Å². The van der Waals surface area contributed by atoms with Gasteiger partial charge in [-0.1, -0.05) is 23.2 Å². The van der Waals surface area contributed by atoms with Gasteiger partial charge in [0.25, 0.3) is 0 Å². The van der Waals surface area contributed by atoms with Crippen LogP contribution in [-0.4, -0.2) is 30.8 Å². The second-order valence-corrected chi connectivity index (χ2v) is 7.95. The number of thioether (sulfide) groups is 1. The molecule has 0 saturated heterocycles. The molecular weight excluding hydrogens is 459 g/mol. The summed E-state index contributed by atoms with van der Waals surface area (Å²) >= 11 is 14.1. The van der Waals surface area contributed by atoms with E-state index in [4.69, 9.17) is 48.4 Å². The van der Waals surface area contributed by atoms with E-state index in [1.165, 1.54) is 11.8 Å². The third-order valence-electron chi connectivity index (χ3n) is 4.13. The zero-order chi connectivity index (χ0) is 22.4. The van der Waals surface area contributed by atoms with Crippen molar-refractivity contribution >= 4 is 40.9 Å². The Balaban J connectivity index is 1.91. The Hall–Kier alpha value is -2.86. The molecule has 160 valence electrons. The largest absolute Gasteiger partial charge is 0.497 e. The summed E-state index contributed by atoms with van der Waals surface area (Å²) in [5.41, 5.74) is 7.73. The van der Waals surface area contributed by atoms with Crippen molar-refractivity contribution < 1.29 is 14.2 Å². The van der Waals surface area contributed by atoms with Crippen molar-refractivity contribution in [1.82, 2.24) is 9.97 Å². The van der Waals surface area contributed by atoms with Crippen LogP contribution in [-0.2, 0) is 5.75 Å². The van der Waals surface area contributed by atoms with E-state index in [1.54, 1.807) is 32.4 Å². The molecule has 2 N–H and O–H groups in total. The van der Waals surface area contributed by atoms with Gasteiger partial charge in [0.1, 0.15) is 23.3 Å². The van der Waals surface area contributed by atoms with Crippen molar-refractivity contribution in [3.8, 4) is 34.6 Å². The van der Waals surface area contributed by atoms with Crippen LogP contribution >= 0.6 is 35.0 Å². The number of nitrogens with zero attached hydrogens (tertiary/aromatic N) is 3. The summed E-state index contributed by atoms with van der Waals surface area (Å²) in [5, 5.41) is 9.43. The lowest BCUT2D eigenvalue weighted by molar-refractivity contribution is 0.368. The second kappa shape index (κ2) is 10.4. The quantitative estimate of drug-likeness (QED) is 0.439. The molecule has 31 heavy (non-hydrogen) atoms. The molecule has 2 aromatic carbocycles. The normalized spacial score (nSPS) is 10.4. The zero-order valence-electron chi connectivity index (χ0n) is 16.7. The number of nitriles is 1. The monoisotopic (exact) mass is 476 g/mol. The summed E-state index contributed by atoms with van der Waals surface area (Å²) in [6, 6.07) is 12.4. The number of rotatable bonds is 8. The third kappa shape index (κ3) is 5.64. The second-order valence-electron chi connectivity index (χ2n) is 6.12. The molecule has 0 atom stereocenters. The summed E-state index contributed by atoms with van der Waals surface area (Å²) in [7, 11) is 3.22. The summed E-state index contributed by atoms with van der Waals surface area (Å²) in [6.45, 7) is -0.142. The maximum atomic E-state index is 8.76. The van der Waals surface area contributed by atoms with Crippen LogP contribution in [0.15, 0.2) is 41.3 Å². The maximum absolute atomic E-state index is 8.76. The first kappa shape index (κ1) is 22.8. The molecule has 0 aliphatic rings. The predicted molar refractivity (Wildman–Crippen MR) is 122 cm³/mol. The molecule has 0 unspecified atom stereocenters. The Morgan fingerprint density at radius 1 is 1.03 bits per heavy atom. The molecule has 0 fully saturated rings. The minimum absolute atomic E-state index is 0.108. The molecule has 0 radical (unpaired) electrons. The van der Waals surface area contributed by atoms with Crippen molar-refractivity contribution in [2.45, 2.75) is 10.6 Å². The number of hydrogen-bond acceptors (Lipinski definition) is 8. The molecule has 7 nitrogen and oxygen atoms in total. The highest BCUT2D eigenvalue weighted by molar-refractivity contribution is 7.98. The number of nitrogen functional groups attached to an aromatic ring is 1. The van der Waals surface area contributed by atoms with E-state index in [2.05, 4.69) is 9.97 Å². The van der Waals surface area contributed by atoms with Crippen LogP contribution in [0.5, 0.6) is 17.2 Å². The van der Waals surface area contributed by atoms with E-state index in [9.17, 15) is 0 Å². The number of hydrogen-bond donors (Lipinski definition) is 1. The number of anilines is 1. The van der Waals surface area contributed by atoms with Crippen molar-refractivity contribution in [1.29, 1.82) is 5.26 Å². The molecule has 3 aromatic rings. The fourth-order valence-corrected chi connectivity index (χ4v) is 4.20. The Morgan fingerprint density at radius 2 is 1.84 bits per heavy atom. The smallest absolute Gasteiger partial charge is 0.220 e. The Bertz CT molecular complexity index is 1140. The van der Waals surface area contributed by atoms with Crippen LogP contribution in [0.2, 0.25) is 10.0 Å². The zero-order valence-corrected chi connectivity index (χ0v) is 19.0. The fourth-order valence-electron chi connectivity index (χ4n) is 2.72. The molecule has 0 amide bonds. The molecule has 0 spiro atoms. The number of aromatic nitrogens is 2. The molecule has 3 rings (SSSR count). The SMILES string of the molecule is COc1ccc(OC)c(SCc2cc(-c3cc(OCC#N)c(Cl)cc3Cl)nc(N)n2)c1. The van der Waals surface area contributed by atoms with E-state index in [-0.39, 0.29) is 12.6 Å². The summed E-state index contributed by atoms with van der Waals surface area (Å²) in [4.78, 5) is 9.52. The molecule has 10 heteroatoms. The van der Waals surface area contributed by atoms with Gasteiger partial charge in [-0.05, 0) is 36.4 Å². The van der Waals surface area contributed by atoms with Crippen LogP contribution in [0.4, 0.5) is 5.95 Å². The lowest BCUT2D eigenvalue weighted by atomic mass is 10.1. The van der Waals surface area contributed by atoms with Crippen molar-refractivity contribution in [2.24, 2.45) is 0 Å². The lowest BCUT2D eigenvalue weighted by Crippen LogP contribution is -2.01. The van der Waals surface area contributed by atoms with Crippen LogP contribution < -0.4 is 19.9 Å². The van der Waals surface area contributed by atoms with Crippen molar-refractivity contribution in [2.75, 3.05) is 26.6 Å². The van der Waals surface area contributed by atoms with Gasteiger partial charge in [-0.25, -0.2) is 9.97 Å². The molecule has 0 bridgehead atoms. The predicted octanol–water partition coefficient (Wildman–Crippen LogP) is 5.24. The standard InChI is InChI=1S/C21H18Cl2N4O3S/c1-28-13-3-4-18(29-2)20(8-13)31-11-12-7-17(27-21(25)26-12)14-9-19(30-6-5-24)16(23)10-15(14)22/h3-4,7-10H,6,11H2,1-2H3,(H2,25,26,27). The average molecular weight is 477 g/mol. The van der Waals surface area contributed by atoms with E-state index in [0.29, 0.717) is 38.5 Å². The van der Waals surface area contributed by atoms with Crippen molar-refractivity contribution in [3.63, 3.8) is 0 Å². The minimum Gasteiger partial charge on any atom is -0.497 e. The van der Waals surface area contributed by atoms with Crippen LogP contribution in [0.1, 0.15) is 5.69 Å². The fraction of sp³-hybridized carbons (Fsp3) is 0.190. The van der Waals surface area contributed by atoms with Gasteiger partial charge in [0.15, 0.2) is 6.61 Å². The van der Waals surface area contributed by atoms with Gasteiger partial charge >= 0.3 is 0 Å². The van der Waals surface area contributed by atoms with Gasteiger partial charge < -0.3 is 19.9 Å². The Morgan fingerprint density at radius 3 is 2.55 bits per heavy atom. The minimum atomic E-state index is -0.142. The number of ether oxygens (including phenoxy) is 3. The van der Waals surface area contributed by atoms with Gasteiger partial charge in [-0.2, -0.15) is 5.26 Å². The topological polar surface area (TPSA) is 103 Å². The molecule has 1 heterocycles. The molecule has 0 saturated carbocycles.